The number of rotatable bonds is 25. The number of likely N-dealkylation sites (tertiary alicyclic amines) is 1. The molecule has 0 saturated carbocycles. The molecule has 1 aromatic heterocycles. The van der Waals surface area contributed by atoms with E-state index in [4.69, 9.17) is 9.47 Å². The molecule has 4 heterocycles. The summed E-state index contributed by atoms with van der Waals surface area (Å²) in [5, 5.41) is 2.99. The molecule has 0 radical (unpaired) electrons. The van der Waals surface area contributed by atoms with Crippen LogP contribution < -0.4 is 24.6 Å². The summed E-state index contributed by atoms with van der Waals surface area (Å²) in [5.41, 5.74) is 6.45. The first kappa shape index (κ1) is 55.9. The lowest BCUT2D eigenvalue weighted by Crippen LogP contribution is -2.52. The van der Waals surface area contributed by atoms with E-state index in [1.165, 1.54) is 5.56 Å². The summed E-state index contributed by atoms with van der Waals surface area (Å²) in [7, 11) is -3.94. The van der Waals surface area contributed by atoms with Crippen LogP contribution in [0.5, 0.6) is 11.5 Å². The standard InChI is InChI=1S/C60H78N8O7S/c1-7-64(42-44-19-14-13-15-20-44)35-36-67(12-6)58(70)46-29-33-68(34-30-46)59(71)54(63-57(69)37-45-21-18-31-61-41-45)22-16-17-32-62-76(72,73)50-25-28-51-47(38-50)43-74-60(51)52-26-23-48(65(8-2)9-3)39-55(52)75-56-40-49(24-27-53(56)60)66(10-4)11-5/h13-15,18-21,23-28,31,38-41,46,54,62H,7-12,16-17,22,29-30,32-37,42-43H2,1-6H3,(H,63,69). The quantitative estimate of drug-likeness (QED) is 0.0541. The van der Waals surface area contributed by atoms with Crippen molar-refractivity contribution < 1.29 is 32.3 Å². The minimum Gasteiger partial charge on any atom is -0.456 e. The van der Waals surface area contributed by atoms with E-state index in [1.807, 2.05) is 42.2 Å². The number of hydrogen-bond acceptors (Lipinski definition) is 11. The molecule has 76 heavy (non-hydrogen) atoms. The van der Waals surface area contributed by atoms with Gasteiger partial charge < -0.3 is 34.4 Å². The Labute approximate surface area is 451 Å². The molecule has 1 fully saturated rings. The number of benzene rings is 4. The highest BCUT2D eigenvalue weighted by atomic mass is 32.2. The Hall–Kier alpha value is -6.33. The number of unbranched alkanes of at least 4 members (excludes halogenated alkanes) is 1. The minimum absolute atomic E-state index is 0.0660. The van der Waals surface area contributed by atoms with Crippen LogP contribution in [0.2, 0.25) is 0 Å². The van der Waals surface area contributed by atoms with Gasteiger partial charge in [0.1, 0.15) is 17.5 Å². The van der Waals surface area contributed by atoms with E-state index >= 15 is 0 Å². The molecule has 2 N–H and O–H groups in total. The van der Waals surface area contributed by atoms with Crippen molar-refractivity contribution in [3.8, 4) is 11.5 Å². The molecule has 1 spiro atoms. The lowest BCUT2D eigenvalue weighted by atomic mass is 9.77. The van der Waals surface area contributed by atoms with Crippen molar-refractivity contribution in [2.45, 2.75) is 110 Å². The van der Waals surface area contributed by atoms with Gasteiger partial charge in [-0.3, -0.25) is 24.3 Å². The molecule has 3 amide bonds. The maximum atomic E-state index is 14.3. The molecule has 1 unspecified atom stereocenters. The van der Waals surface area contributed by atoms with Crippen LogP contribution in [0.25, 0.3) is 0 Å². The van der Waals surface area contributed by atoms with Crippen molar-refractivity contribution in [1.29, 1.82) is 0 Å². The molecule has 0 aliphatic carbocycles. The summed E-state index contributed by atoms with van der Waals surface area (Å²) < 4.78 is 44.4. The number of nitrogens with zero attached hydrogens (tertiary/aromatic N) is 6. The van der Waals surface area contributed by atoms with E-state index < -0.39 is 21.7 Å². The van der Waals surface area contributed by atoms with Crippen LogP contribution in [-0.2, 0) is 54.3 Å². The number of pyridine rings is 1. The fourth-order valence-corrected chi connectivity index (χ4v) is 12.3. The smallest absolute Gasteiger partial charge is 0.245 e. The van der Waals surface area contributed by atoms with Gasteiger partial charge in [0.15, 0.2) is 5.60 Å². The van der Waals surface area contributed by atoms with Crippen molar-refractivity contribution in [3.63, 3.8) is 0 Å². The van der Waals surface area contributed by atoms with E-state index in [0.29, 0.717) is 69.8 Å². The van der Waals surface area contributed by atoms with E-state index in [2.05, 4.69) is 113 Å². The number of carbonyl (C=O) groups excluding carboxylic acids is 3. The van der Waals surface area contributed by atoms with Crippen molar-refractivity contribution in [1.82, 2.24) is 29.7 Å². The zero-order valence-electron chi connectivity index (χ0n) is 45.4. The van der Waals surface area contributed by atoms with Crippen LogP contribution in [0.15, 0.2) is 114 Å². The summed E-state index contributed by atoms with van der Waals surface area (Å²) in [4.78, 5) is 56.4. The first-order valence-corrected chi connectivity index (χ1v) is 29.1. The van der Waals surface area contributed by atoms with Gasteiger partial charge >= 0.3 is 0 Å². The Morgan fingerprint density at radius 1 is 0.737 bits per heavy atom. The molecule has 3 aliphatic rings. The summed E-state index contributed by atoms with van der Waals surface area (Å²) in [6.45, 7) is 20.9. The average Bonchev–Trinajstić information content (AvgIpc) is 3.89. The van der Waals surface area contributed by atoms with Crippen molar-refractivity contribution >= 4 is 39.1 Å². The largest absolute Gasteiger partial charge is 0.456 e. The molecule has 5 aromatic rings. The monoisotopic (exact) mass is 1050 g/mol. The van der Waals surface area contributed by atoms with Crippen LogP contribution in [0.4, 0.5) is 11.4 Å². The topological polar surface area (TPSA) is 157 Å². The predicted molar refractivity (Wildman–Crippen MR) is 299 cm³/mol. The number of likely N-dealkylation sites (N-methyl/N-ethyl adjacent to an activating group) is 2. The Bertz CT molecular complexity index is 2810. The van der Waals surface area contributed by atoms with Gasteiger partial charge in [0, 0.05) is 125 Å². The highest BCUT2D eigenvalue weighted by Crippen LogP contribution is 2.57. The van der Waals surface area contributed by atoms with Gasteiger partial charge in [0.05, 0.1) is 17.9 Å². The predicted octanol–water partition coefficient (Wildman–Crippen LogP) is 8.49. The molecule has 0 bridgehead atoms. The number of piperidine rings is 1. The van der Waals surface area contributed by atoms with Crippen LogP contribution in [0.1, 0.15) is 107 Å². The Morgan fingerprint density at radius 3 is 1.99 bits per heavy atom. The lowest BCUT2D eigenvalue weighted by molar-refractivity contribution is -0.142. The van der Waals surface area contributed by atoms with Crippen LogP contribution in [0.3, 0.4) is 0 Å². The van der Waals surface area contributed by atoms with Crippen molar-refractivity contribution in [3.05, 3.63) is 143 Å². The van der Waals surface area contributed by atoms with Gasteiger partial charge in [-0.05, 0) is 138 Å². The van der Waals surface area contributed by atoms with Gasteiger partial charge in [-0.2, -0.15) is 0 Å². The molecule has 406 valence electrons. The molecule has 1 atom stereocenters. The number of hydrogen-bond donors (Lipinski definition) is 2. The SMILES string of the molecule is CCN(CCN(CC)C(=O)C1CCN(C(=O)C(CCCCNS(=O)(=O)c2ccc3c(c2)COC32c3ccc(N(CC)CC)cc3Oc3cc(N(CC)CC)ccc32)NC(=O)Cc2cccnc2)CC1)Cc1ccccc1. The Kier molecular flexibility index (Phi) is 18.9. The van der Waals surface area contributed by atoms with E-state index in [0.717, 1.165) is 85.0 Å². The highest BCUT2D eigenvalue weighted by Gasteiger charge is 2.50. The number of nitrogens with one attached hydrogen (secondary N) is 2. The maximum absolute atomic E-state index is 14.3. The zero-order valence-corrected chi connectivity index (χ0v) is 46.2. The fourth-order valence-electron chi connectivity index (χ4n) is 11.2. The molecule has 4 aromatic carbocycles. The number of ether oxygens (including phenoxy) is 2. The number of amides is 3. The second-order valence-corrected chi connectivity index (χ2v) is 21.8. The van der Waals surface area contributed by atoms with E-state index in [1.54, 1.807) is 35.5 Å². The summed E-state index contributed by atoms with van der Waals surface area (Å²) in [6.07, 6.45) is 5.65. The Balaban J connectivity index is 0.907. The lowest BCUT2D eigenvalue weighted by Gasteiger charge is -2.38. The number of aromatic nitrogens is 1. The number of carbonyl (C=O) groups is 3. The van der Waals surface area contributed by atoms with Crippen LogP contribution >= 0.6 is 0 Å². The molecular formula is C60H78N8O7S. The van der Waals surface area contributed by atoms with E-state index in [9.17, 15) is 22.8 Å². The number of fused-ring (bicyclic) bond motifs is 6. The van der Waals surface area contributed by atoms with Gasteiger partial charge in [-0.15, -0.1) is 0 Å². The second kappa shape index (κ2) is 25.7. The van der Waals surface area contributed by atoms with E-state index in [-0.39, 0.29) is 48.1 Å². The molecule has 8 rings (SSSR count). The molecule has 1 saturated heterocycles. The third kappa shape index (κ3) is 12.6. The zero-order chi connectivity index (χ0) is 53.8. The third-order valence-corrected chi connectivity index (χ3v) is 17.0. The number of anilines is 2. The summed E-state index contributed by atoms with van der Waals surface area (Å²) in [5.74, 6) is 0.851. The molecular weight excluding hydrogens is 977 g/mol. The first-order chi connectivity index (χ1) is 36.8. The maximum Gasteiger partial charge on any atom is 0.245 e. The summed E-state index contributed by atoms with van der Waals surface area (Å²) in [6, 6.07) is 30.9. The fraction of sp³-hybridized carbons (Fsp3) is 0.467. The molecule has 3 aliphatic heterocycles. The first-order valence-electron chi connectivity index (χ1n) is 27.6. The van der Waals surface area contributed by atoms with Crippen LogP contribution in [-0.4, -0.2) is 124 Å². The van der Waals surface area contributed by atoms with Gasteiger partial charge in [-0.1, -0.05) is 49.4 Å². The second-order valence-electron chi connectivity index (χ2n) is 20.0. The van der Waals surface area contributed by atoms with Crippen molar-refractivity contribution in [2.24, 2.45) is 5.92 Å². The minimum atomic E-state index is -3.94. The highest BCUT2D eigenvalue weighted by molar-refractivity contribution is 7.89. The normalized spacial score (nSPS) is 15.1. The molecule has 15 nitrogen and oxygen atoms in total. The average molecular weight is 1060 g/mol. The van der Waals surface area contributed by atoms with Gasteiger partial charge in [0.25, 0.3) is 0 Å². The number of sulfonamides is 1. The van der Waals surface area contributed by atoms with Gasteiger partial charge in [-0.25, -0.2) is 13.1 Å². The third-order valence-electron chi connectivity index (χ3n) is 15.5. The Morgan fingerprint density at radius 2 is 1.38 bits per heavy atom. The van der Waals surface area contributed by atoms with Crippen molar-refractivity contribution in [2.75, 3.05) is 81.8 Å². The van der Waals surface area contributed by atoms with Gasteiger partial charge in [0.2, 0.25) is 27.7 Å². The molecule has 16 heteroatoms. The van der Waals surface area contributed by atoms with Crippen LogP contribution in [0, 0.1) is 5.92 Å². The summed E-state index contributed by atoms with van der Waals surface area (Å²) >= 11 is 0.